The molecule has 11 nitrogen and oxygen atoms in total. The number of nitrogens with two attached hydrogens (primary N) is 1. The molecule has 0 unspecified atom stereocenters. The van der Waals surface area contributed by atoms with Crippen LogP contribution in [0.15, 0.2) is 48.8 Å². The van der Waals surface area contributed by atoms with Gasteiger partial charge in [0, 0.05) is 36.7 Å². The molecule has 0 aliphatic carbocycles. The van der Waals surface area contributed by atoms with Gasteiger partial charge in [0.15, 0.2) is 0 Å². The molecule has 0 bridgehead atoms. The molecule has 0 aliphatic rings. The first kappa shape index (κ1) is 23.4. The molecule has 0 radical (unpaired) electrons. The van der Waals surface area contributed by atoms with E-state index in [9.17, 15) is 14.4 Å². The Morgan fingerprint density at radius 1 is 1.09 bits per heavy atom. The van der Waals surface area contributed by atoms with Gasteiger partial charge in [-0.1, -0.05) is 12.1 Å². The van der Waals surface area contributed by atoms with Crippen molar-refractivity contribution >= 4 is 40.3 Å². The SMILES string of the molecule is CN(Cc1ccc(C(=O)NN[C@@H](CCC(=O)O)C(=O)O)cc1)c1ccc2ncnc(N)c2c1. The number of nitrogens with one attached hydrogen (secondary N) is 2. The standard InChI is InChI=1S/C22H24N6O5/c1-28(15-6-7-17-16(10-15)20(23)25-12-24-17)11-13-2-4-14(5-3-13)21(31)27-26-18(22(32)33)8-9-19(29)30/h2-7,10,12,18,26H,8-9,11H2,1H3,(H,27,31)(H,29,30)(H,32,33)(H2,23,24,25)/t18-/m0/s1. The van der Waals surface area contributed by atoms with E-state index in [4.69, 9.17) is 15.9 Å². The van der Waals surface area contributed by atoms with Gasteiger partial charge in [-0.25, -0.2) is 15.4 Å². The number of amides is 1. The van der Waals surface area contributed by atoms with Gasteiger partial charge in [-0.2, -0.15) is 0 Å². The molecule has 33 heavy (non-hydrogen) atoms. The molecule has 3 rings (SSSR count). The smallest absolute Gasteiger partial charge is 0.322 e. The summed E-state index contributed by atoms with van der Waals surface area (Å²) < 4.78 is 0. The zero-order valence-corrected chi connectivity index (χ0v) is 17.9. The van der Waals surface area contributed by atoms with Gasteiger partial charge in [0.1, 0.15) is 18.2 Å². The van der Waals surface area contributed by atoms with Gasteiger partial charge in [0.2, 0.25) is 0 Å². The average Bonchev–Trinajstić information content (AvgIpc) is 2.79. The van der Waals surface area contributed by atoms with Gasteiger partial charge < -0.3 is 20.8 Å². The third kappa shape index (κ3) is 6.14. The third-order valence-corrected chi connectivity index (χ3v) is 5.03. The minimum atomic E-state index is -1.25. The number of carbonyl (C=O) groups excluding carboxylic acids is 1. The van der Waals surface area contributed by atoms with E-state index in [-0.39, 0.29) is 12.8 Å². The molecule has 0 spiro atoms. The van der Waals surface area contributed by atoms with Gasteiger partial charge in [-0.15, -0.1) is 0 Å². The second kappa shape index (κ2) is 10.4. The highest BCUT2D eigenvalue weighted by Crippen LogP contribution is 2.24. The summed E-state index contributed by atoms with van der Waals surface area (Å²) in [5.74, 6) is -2.49. The lowest BCUT2D eigenvalue weighted by molar-refractivity contribution is -0.140. The second-order valence-corrected chi connectivity index (χ2v) is 7.44. The zero-order chi connectivity index (χ0) is 24.0. The molecule has 172 valence electrons. The first-order valence-electron chi connectivity index (χ1n) is 10.1. The maximum atomic E-state index is 12.3. The number of anilines is 2. The molecule has 2 aromatic carbocycles. The van der Waals surface area contributed by atoms with Crippen LogP contribution in [0.1, 0.15) is 28.8 Å². The Morgan fingerprint density at radius 3 is 2.48 bits per heavy atom. The van der Waals surface area contributed by atoms with Gasteiger partial charge in [0.25, 0.3) is 5.91 Å². The molecule has 3 aromatic rings. The Kier molecular flexibility index (Phi) is 7.36. The molecule has 1 heterocycles. The van der Waals surface area contributed by atoms with E-state index in [2.05, 4.69) is 20.8 Å². The molecule has 6 N–H and O–H groups in total. The maximum absolute atomic E-state index is 12.3. The van der Waals surface area contributed by atoms with Crippen LogP contribution >= 0.6 is 0 Å². The normalized spacial score (nSPS) is 11.7. The van der Waals surface area contributed by atoms with E-state index < -0.39 is 23.9 Å². The number of carbonyl (C=O) groups is 3. The molecule has 0 saturated heterocycles. The number of hydrogen-bond donors (Lipinski definition) is 5. The van der Waals surface area contributed by atoms with Crippen LogP contribution in [0.3, 0.4) is 0 Å². The van der Waals surface area contributed by atoms with E-state index in [1.807, 2.05) is 30.1 Å². The number of aromatic nitrogens is 2. The summed E-state index contributed by atoms with van der Waals surface area (Å²) in [6.07, 6.45) is 0.924. The van der Waals surface area contributed by atoms with Crippen molar-refractivity contribution in [2.75, 3.05) is 17.7 Å². The Hall–Kier alpha value is -4.25. The van der Waals surface area contributed by atoms with Crippen LogP contribution in [0.2, 0.25) is 0 Å². The molecular formula is C22H24N6O5. The van der Waals surface area contributed by atoms with Crippen LogP contribution in [0.5, 0.6) is 0 Å². The fraction of sp³-hybridized carbons (Fsp3) is 0.227. The molecule has 0 fully saturated rings. The van der Waals surface area contributed by atoms with Crippen LogP contribution < -0.4 is 21.5 Å². The topological polar surface area (TPSA) is 171 Å². The summed E-state index contributed by atoms with van der Waals surface area (Å²) in [5.41, 5.74) is 13.6. The van der Waals surface area contributed by atoms with E-state index in [0.717, 1.165) is 22.2 Å². The zero-order valence-electron chi connectivity index (χ0n) is 17.9. The number of nitrogen functional groups attached to an aromatic ring is 1. The lowest BCUT2D eigenvalue weighted by atomic mass is 10.1. The summed E-state index contributed by atoms with van der Waals surface area (Å²) in [5, 5.41) is 18.6. The lowest BCUT2D eigenvalue weighted by Gasteiger charge is -2.20. The Labute approximate surface area is 189 Å². The van der Waals surface area contributed by atoms with E-state index >= 15 is 0 Å². The number of fused-ring (bicyclic) bond motifs is 1. The van der Waals surface area contributed by atoms with Gasteiger partial charge in [-0.05, 0) is 42.3 Å². The van der Waals surface area contributed by atoms with Crippen LogP contribution in [0.25, 0.3) is 10.9 Å². The fourth-order valence-corrected chi connectivity index (χ4v) is 3.18. The number of carboxylic acids is 2. The van der Waals surface area contributed by atoms with Crippen molar-refractivity contribution in [1.29, 1.82) is 0 Å². The Morgan fingerprint density at radius 2 is 1.82 bits per heavy atom. The lowest BCUT2D eigenvalue weighted by Crippen LogP contribution is -2.48. The molecule has 1 aromatic heterocycles. The molecular weight excluding hydrogens is 428 g/mol. The monoisotopic (exact) mass is 452 g/mol. The van der Waals surface area contributed by atoms with Gasteiger partial charge in [0.05, 0.1) is 5.52 Å². The first-order chi connectivity index (χ1) is 15.7. The minimum absolute atomic E-state index is 0.164. The van der Waals surface area contributed by atoms with Crippen LogP contribution in [0, 0.1) is 0 Å². The second-order valence-electron chi connectivity index (χ2n) is 7.44. The van der Waals surface area contributed by atoms with E-state index in [1.165, 1.54) is 6.33 Å². The average molecular weight is 452 g/mol. The van der Waals surface area contributed by atoms with Crippen LogP contribution in [-0.4, -0.2) is 51.1 Å². The summed E-state index contributed by atoms with van der Waals surface area (Å²) in [6, 6.07) is 11.4. The summed E-state index contributed by atoms with van der Waals surface area (Å²) in [6.45, 7) is 0.565. The number of aliphatic carboxylic acids is 2. The minimum Gasteiger partial charge on any atom is -0.481 e. The molecule has 11 heteroatoms. The molecule has 1 amide bonds. The van der Waals surface area contributed by atoms with Crippen molar-refractivity contribution in [1.82, 2.24) is 20.8 Å². The number of carboxylic acid groups (broad SMARTS) is 2. The highest BCUT2D eigenvalue weighted by Gasteiger charge is 2.19. The van der Waals surface area contributed by atoms with Crippen molar-refractivity contribution in [3.63, 3.8) is 0 Å². The highest BCUT2D eigenvalue weighted by atomic mass is 16.4. The summed E-state index contributed by atoms with van der Waals surface area (Å²) >= 11 is 0. The maximum Gasteiger partial charge on any atom is 0.322 e. The third-order valence-electron chi connectivity index (χ3n) is 5.03. The van der Waals surface area contributed by atoms with Crippen molar-refractivity contribution in [2.24, 2.45) is 0 Å². The number of rotatable bonds is 10. The first-order valence-corrected chi connectivity index (χ1v) is 10.1. The van der Waals surface area contributed by atoms with Crippen LogP contribution in [0.4, 0.5) is 11.5 Å². The summed E-state index contributed by atoms with van der Waals surface area (Å²) in [4.78, 5) is 44.4. The number of hydrogen-bond acceptors (Lipinski definition) is 8. The number of nitrogens with zero attached hydrogens (tertiary/aromatic N) is 3. The van der Waals surface area contributed by atoms with Crippen molar-refractivity contribution in [3.05, 3.63) is 59.9 Å². The molecule has 0 saturated carbocycles. The quantitative estimate of drug-likeness (QED) is 0.283. The highest BCUT2D eigenvalue weighted by molar-refractivity contribution is 5.94. The van der Waals surface area contributed by atoms with Crippen molar-refractivity contribution in [2.45, 2.75) is 25.4 Å². The van der Waals surface area contributed by atoms with Crippen molar-refractivity contribution < 1.29 is 24.6 Å². The number of benzene rings is 2. The predicted molar refractivity (Wildman–Crippen MR) is 121 cm³/mol. The summed E-state index contributed by atoms with van der Waals surface area (Å²) in [7, 11) is 1.93. The fourth-order valence-electron chi connectivity index (χ4n) is 3.18. The Balaban J connectivity index is 1.60. The van der Waals surface area contributed by atoms with Crippen LogP contribution in [-0.2, 0) is 16.1 Å². The molecule has 1 atom stereocenters. The molecule has 0 aliphatic heterocycles. The Bertz CT molecular complexity index is 1170. The van der Waals surface area contributed by atoms with Gasteiger partial charge >= 0.3 is 11.9 Å². The largest absolute Gasteiger partial charge is 0.481 e. The van der Waals surface area contributed by atoms with Crippen molar-refractivity contribution in [3.8, 4) is 0 Å². The predicted octanol–water partition coefficient (Wildman–Crippen LogP) is 1.40. The van der Waals surface area contributed by atoms with Gasteiger partial charge in [-0.3, -0.25) is 19.8 Å². The van der Waals surface area contributed by atoms with E-state index in [0.29, 0.717) is 17.9 Å². The van der Waals surface area contributed by atoms with E-state index in [1.54, 1.807) is 24.3 Å². The number of hydrazine groups is 1.